The van der Waals surface area contributed by atoms with Gasteiger partial charge in [-0.3, -0.25) is 4.79 Å². The number of carbonyl (C=O) groups is 1. The first-order valence-corrected chi connectivity index (χ1v) is 5.57. The summed E-state index contributed by atoms with van der Waals surface area (Å²) in [6.07, 6.45) is 0. The van der Waals surface area contributed by atoms with Crippen molar-refractivity contribution in [3.8, 4) is 11.5 Å². The highest BCUT2D eigenvalue weighted by Gasteiger charge is 2.13. The Morgan fingerprint density at radius 1 is 1.21 bits per heavy atom. The summed E-state index contributed by atoms with van der Waals surface area (Å²) in [7, 11) is 0. The minimum Gasteiger partial charge on any atom is -0.508 e. The van der Waals surface area contributed by atoms with Gasteiger partial charge in [-0.15, -0.1) is 0 Å². The predicted octanol–water partition coefficient (Wildman–Crippen LogP) is 2.80. The molecule has 0 aliphatic rings. The molecule has 0 aliphatic carbocycles. The zero-order valence-corrected chi connectivity index (χ0v) is 10.1. The molecule has 5 heteroatoms. The highest BCUT2D eigenvalue weighted by atomic mass is 19.1. The molecular weight excluding hydrogens is 249 g/mol. The number of hydrogen-bond acceptors (Lipinski definition) is 3. The number of nitrogens with one attached hydrogen (secondary N) is 1. The molecule has 0 bridgehead atoms. The lowest BCUT2D eigenvalue weighted by atomic mass is 10.1. The van der Waals surface area contributed by atoms with Crippen molar-refractivity contribution in [3.63, 3.8) is 0 Å². The van der Waals surface area contributed by atoms with Gasteiger partial charge in [-0.25, -0.2) is 4.39 Å². The Hall–Kier alpha value is -2.56. The highest BCUT2D eigenvalue weighted by molar-refractivity contribution is 6.05. The molecule has 2 rings (SSSR count). The van der Waals surface area contributed by atoms with Crippen LogP contribution < -0.4 is 5.32 Å². The first-order valence-electron chi connectivity index (χ1n) is 5.57. The molecule has 2 aromatic rings. The van der Waals surface area contributed by atoms with Crippen LogP contribution in [0.15, 0.2) is 36.4 Å². The van der Waals surface area contributed by atoms with E-state index < -0.39 is 11.7 Å². The standard InChI is InChI=1S/C14H12FNO3/c1-8-10(3-2-4-13(8)18)14(19)16-12-6-5-9(17)7-11(12)15/h2-7,17-18H,1H3,(H,16,19). The third kappa shape index (κ3) is 2.65. The Balaban J connectivity index is 2.28. The SMILES string of the molecule is Cc1c(O)cccc1C(=O)Nc1ccc(O)cc1F. The van der Waals surface area contributed by atoms with Crippen LogP contribution in [-0.4, -0.2) is 16.1 Å². The first-order chi connectivity index (χ1) is 8.99. The molecule has 0 atom stereocenters. The fourth-order valence-corrected chi connectivity index (χ4v) is 1.66. The number of amides is 1. The van der Waals surface area contributed by atoms with Crippen molar-refractivity contribution in [2.24, 2.45) is 0 Å². The average Bonchev–Trinajstić information content (AvgIpc) is 2.36. The van der Waals surface area contributed by atoms with E-state index in [0.29, 0.717) is 5.56 Å². The number of halogens is 1. The van der Waals surface area contributed by atoms with Gasteiger partial charge in [0.2, 0.25) is 0 Å². The number of rotatable bonds is 2. The zero-order chi connectivity index (χ0) is 14.0. The topological polar surface area (TPSA) is 69.6 Å². The zero-order valence-electron chi connectivity index (χ0n) is 10.1. The molecule has 4 nitrogen and oxygen atoms in total. The highest BCUT2D eigenvalue weighted by Crippen LogP contribution is 2.23. The Morgan fingerprint density at radius 3 is 2.63 bits per heavy atom. The lowest BCUT2D eigenvalue weighted by Crippen LogP contribution is -2.14. The number of aromatic hydroxyl groups is 2. The smallest absolute Gasteiger partial charge is 0.256 e. The summed E-state index contributed by atoms with van der Waals surface area (Å²) in [5.74, 6) is -1.48. The van der Waals surface area contributed by atoms with Crippen LogP contribution in [0.25, 0.3) is 0 Å². The second-order valence-corrected chi connectivity index (χ2v) is 4.07. The maximum Gasteiger partial charge on any atom is 0.256 e. The van der Waals surface area contributed by atoms with Crippen molar-refractivity contribution in [2.45, 2.75) is 6.92 Å². The number of anilines is 1. The summed E-state index contributed by atoms with van der Waals surface area (Å²) in [5.41, 5.74) is 0.636. The first kappa shape index (κ1) is 12.9. The normalized spacial score (nSPS) is 10.2. The summed E-state index contributed by atoms with van der Waals surface area (Å²) in [6, 6.07) is 7.97. The van der Waals surface area contributed by atoms with Crippen LogP contribution in [0.1, 0.15) is 15.9 Å². The fourth-order valence-electron chi connectivity index (χ4n) is 1.66. The lowest BCUT2D eigenvalue weighted by molar-refractivity contribution is 0.102. The third-order valence-electron chi connectivity index (χ3n) is 2.75. The van der Waals surface area contributed by atoms with Crippen molar-refractivity contribution in [1.29, 1.82) is 0 Å². The van der Waals surface area contributed by atoms with Gasteiger partial charge in [0.25, 0.3) is 5.91 Å². The predicted molar refractivity (Wildman–Crippen MR) is 68.9 cm³/mol. The van der Waals surface area contributed by atoms with E-state index in [9.17, 15) is 14.3 Å². The van der Waals surface area contributed by atoms with Crippen LogP contribution in [-0.2, 0) is 0 Å². The molecule has 0 aliphatic heterocycles. The molecule has 0 saturated carbocycles. The lowest BCUT2D eigenvalue weighted by Gasteiger charge is -2.09. The van der Waals surface area contributed by atoms with Crippen molar-refractivity contribution in [2.75, 3.05) is 5.32 Å². The number of phenols is 2. The van der Waals surface area contributed by atoms with E-state index in [1.807, 2.05) is 0 Å². The Kier molecular flexibility index (Phi) is 3.37. The van der Waals surface area contributed by atoms with E-state index in [2.05, 4.69) is 5.32 Å². The molecular formula is C14H12FNO3. The molecule has 0 spiro atoms. The molecule has 0 heterocycles. The molecule has 3 N–H and O–H groups in total. The molecule has 1 amide bonds. The summed E-state index contributed by atoms with van der Waals surface area (Å²) in [4.78, 5) is 12.0. The van der Waals surface area contributed by atoms with E-state index in [1.54, 1.807) is 6.92 Å². The maximum atomic E-state index is 13.5. The number of benzene rings is 2. The van der Waals surface area contributed by atoms with E-state index in [4.69, 9.17) is 5.11 Å². The van der Waals surface area contributed by atoms with Gasteiger partial charge in [-0.2, -0.15) is 0 Å². The maximum absolute atomic E-state index is 13.5. The van der Waals surface area contributed by atoms with Crippen LogP contribution >= 0.6 is 0 Å². The molecule has 0 unspecified atom stereocenters. The van der Waals surface area contributed by atoms with Gasteiger partial charge in [0, 0.05) is 17.2 Å². The van der Waals surface area contributed by atoms with E-state index in [0.717, 1.165) is 6.07 Å². The summed E-state index contributed by atoms with van der Waals surface area (Å²) in [5, 5.41) is 21.0. The van der Waals surface area contributed by atoms with Crippen LogP contribution in [0.5, 0.6) is 11.5 Å². The van der Waals surface area contributed by atoms with Gasteiger partial charge in [-0.1, -0.05) is 6.07 Å². The van der Waals surface area contributed by atoms with E-state index in [-0.39, 0.29) is 22.7 Å². The Labute approximate surface area is 109 Å². The van der Waals surface area contributed by atoms with Crippen molar-refractivity contribution >= 4 is 11.6 Å². The van der Waals surface area contributed by atoms with Gasteiger partial charge in [0.05, 0.1) is 5.69 Å². The second kappa shape index (κ2) is 4.97. The van der Waals surface area contributed by atoms with Crippen molar-refractivity contribution in [1.82, 2.24) is 0 Å². The van der Waals surface area contributed by atoms with Crippen LogP contribution in [0.3, 0.4) is 0 Å². The minimum absolute atomic E-state index is 0.00109. The van der Waals surface area contributed by atoms with Crippen LogP contribution in [0.4, 0.5) is 10.1 Å². The summed E-state index contributed by atoms with van der Waals surface area (Å²) in [6.45, 7) is 1.59. The summed E-state index contributed by atoms with van der Waals surface area (Å²) < 4.78 is 13.5. The largest absolute Gasteiger partial charge is 0.508 e. The van der Waals surface area contributed by atoms with Gasteiger partial charge in [0.15, 0.2) is 0 Å². The number of carbonyl (C=O) groups excluding carboxylic acids is 1. The van der Waals surface area contributed by atoms with Crippen LogP contribution in [0.2, 0.25) is 0 Å². The average molecular weight is 261 g/mol. The minimum atomic E-state index is -0.730. The molecule has 98 valence electrons. The fraction of sp³-hybridized carbons (Fsp3) is 0.0714. The molecule has 0 aromatic heterocycles. The third-order valence-corrected chi connectivity index (χ3v) is 2.75. The van der Waals surface area contributed by atoms with Gasteiger partial charge >= 0.3 is 0 Å². The number of phenolic OH excluding ortho intramolecular Hbond substituents is 2. The van der Waals surface area contributed by atoms with Gasteiger partial charge in [0.1, 0.15) is 17.3 Å². The molecule has 19 heavy (non-hydrogen) atoms. The quantitative estimate of drug-likeness (QED) is 0.728. The molecule has 2 aromatic carbocycles. The van der Waals surface area contributed by atoms with E-state index in [1.165, 1.54) is 30.3 Å². The molecule has 0 radical (unpaired) electrons. The monoisotopic (exact) mass is 261 g/mol. The Morgan fingerprint density at radius 2 is 1.95 bits per heavy atom. The summed E-state index contributed by atoms with van der Waals surface area (Å²) >= 11 is 0. The second-order valence-electron chi connectivity index (χ2n) is 4.07. The van der Waals surface area contributed by atoms with Crippen LogP contribution in [0, 0.1) is 12.7 Å². The van der Waals surface area contributed by atoms with Gasteiger partial charge < -0.3 is 15.5 Å². The van der Waals surface area contributed by atoms with Gasteiger partial charge in [-0.05, 0) is 31.2 Å². The van der Waals surface area contributed by atoms with E-state index >= 15 is 0 Å². The molecule has 0 saturated heterocycles. The Bertz CT molecular complexity index is 641. The van der Waals surface area contributed by atoms with Crippen molar-refractivity contribution < 1.29 is 19.4 Å². The molecule has 0 fully saturated rings. The van der Waals surface area contributed by atoms with Crippen molar-refractivity contribution in [3.05, 3.63) is 53.3 Å². The number of hydrogen-bond donors (Lipinski definition) is 3.